The van der Waals surface area contributed by atoms with Crippen molar-refractivity contribution in [3.05, 3.63) is 89.1 Å². The van der Waals surface area contributed by atoms with Crippen molar-refractivity contribution in [2.24, 2.45) is 13.0 Å². The Morgan fingerprint density at radius 2 is 1.87 bits per heavy atom. The van der Waals surface area contributed by atoms with Crippen molar-refractivity contribution in [3.63, 3.8) is 0 Å². The van der Waals surface area contributed by atoms with Crippen molar-refractivity contribution in [3.8, 4) is 5.75 Å². The fraction of sp³-hybridized carbons (Fsp3) is 0.353. The van der Waals surface area contributed by atoms with Gasteiger partial charge in [-0.15, -0.1) is 0 Å². The molecular formula is C34H39ClN4O6S. The van der Waals surface area contributed by atoms with Crippen molar-refractivity contribution in [1.29, 1.82) is 0 Å². The third-order valence-corrected chi connectivity index (χ3v) is 10.6. The van der Waals surface area contributed by atoms with Crippen LogP contribution in [0.1, 0.15) is 25.0 Å². The summed E-state index contributed by atoms with van der Waals surface area (Å²) in [7, 11) is -0.434. The van der Waals surface area contributed by atoms with E-state index in [-0.39, 0.29) is 55.2 Å². The summed E-state index contributed by atoms with van der Waals surface area (Å²) in [4.78, 5) is 28.4. The minimum absolute atomic E-state index is 0.00459. The fourth-order valence-electron chi connectivity index (χ4n) is 5.81. The Hall–Kier alpha value is -3.90. The first-order chi connectivity index (χ1) is 21.9. The lowest BCUT2D eigenvalue weighted by molar-refractivity contribution is -0.134. The number of fused-ring (bicyclic) bond motifs is 2. The SMILES string of the molecule is C[C@@H]1CN([C@H](C)CO)C(=O)Cc2cc(NC(=O)Cc3cn(C)c4ccccc34)ccc2O[C@@H]1CN(C)S(=O)(=O)c1ccc(Cl)cc1. The van der Waals surface area contributed by atoms with E-state index in [2.05, 4.69) is 5.32 Å². The number of aliphatic hydroxyl groups is 1. The molecule has 1 aliphatic heterocycles. The Balaban J connectivity index is 1.41. The molecular weight excluding hydrogens is 628 g/mol. The van der Waals surface area contributed by atoms with Crippen LogP contribution in [-0.4, -0.2) is 78.0 Å². The van der Waals surface area contributed by atoms with Gasteiger partial charge < -0.3 is 24.6 Å². The number of nitrogens with zero attached hydrogens (tertiary/aromatic N) is 3. The van der Waals surface area contributed by atoms with Crippen molar-refractivity contribution in [2.45, 2.75) is 43.7 Å². The van der Waals surface area contributed by atoms with Crippen molar-refractivity contribution >= 4 is 50.0 Å². The maximum Gasteiger partial charge on any atom is 0.242 e. The second-order valence-corrected chi connectivity index (χ2v) is 14.4. The van der Waals surface area contributed by atoms with E-state index >= 15 is 0 Å². The number of aliphatic hydroxyl groups excluding tert-OH is 1. The smallest absolute Gasteiger partial charge is 0.242 e. The molecule has 2 N–H and O–H groups in total. The Morgan fingerprint density at radius 1 is 1.15 bits per heavy atom. The van der Waals surface area contributed by atoms with Gasteiger partial charge in [-0.3, -0.25) is 9.59 Å². The molecule has 46 heavy (non-hydrogen) atoms. The van der Waals surface area contributed by atoms with E-state index in [0.717, 1.165) is 16.5 Å². The normalized spacial score (nSPS) is 18.0. The van der Waals surface area contributed by atoms with Gasteiger partial charge in [-0.1, -0.05) is 36.7 Å². The first-order valence-corrected chi connectivity index (χ1v) is 16.9. The zero-order chi connectivity index (χ0) is 33.2. The van der Waals surface area contributed by atoms with Gasteiger partial charge in [0.2, 0.25) is 21.8 Å². The van der Waals surface area contributed by atoms with Gasteiger partial charge in [0.15, 0.2) is 0 Å². The lowest BCUT2D eigenvalue weighted by Gasteiger charge is -2.33. The number of carbonyl (C=O) groups is 2. The van der Waals surface area contributed by atoms with Gasteiger partial charge in [0, 0.05) is 59.9 Å². The van der Waals surface area contributed by atoms with Crippen LogP contribution in [0.15, 0.2) is 77.8 Å². The zero-order valence-corrected chi connectivity index (χ0v) is 27.9. The molecule has 3 aromatic carbocycles. The molecule has 3 atom stereocenters. The first kappa shape index (κ1) is 33.5. The van der Waals surface area contributed by atoms with E-state index in [1.165, 1.54) is 35.6 Å². The highest BCUT2D eigenvalue weighted by Crippen LogP contribution is 2.30. The molecule has 0 saturated carbocycles. The Morgan fingerprint density at radius 3 is 2.59 bits per heavy atom. The monoisotopic (exact) mass is 666 g/mol. The highest BCUT2D eigenvalue weighted by Gasteiger charge is 2.33. The molecule has 5 rings (SSSR count). The fourth-order valence-corrected chi connectivity index (χ4v) is 7.12. The number of hydrogen-bond donors (Lipinski definition) is 2. The molecule has 0 spiro atoms. The quantitative estimate of drug-likeness (QED) is 0.272. The van der Waals surface area contributed by atoms with Crippen molar-refractivity contribution in [2.75, 3.05) is 32.1 Å². The number of nitrogens with one attached hydrogen (secondary N) is 1. The van der Waals surface area contributed by atoms with E-state index in [1.54, 1.807) is 30.0 Å². The predicted molar refractivity (Wildman–Crippen MR) is 179 cm³/mol. The molecule has 4 aromatic rings. The number of carbonyl (C=O) groups excluding carboxylic acids is 2. The number of hydrogen-bond acceptors (Lipinski definition) is 6. The topological polar surface area (TPSA) is 121 Å². The summed E-state index contributed by atoms with van der Waals surface area (Å²) in [5, 5.41) is 14.3. The van der Waals surface area contributed by atoms with Crippen LogP contribution in [-0.2, 0) is 39.5 Å². The van der Waals surface area contributed by atoms with Gasteiger partial charge in [0.05, 0.1) is 36.9 Å². The minimum atomic E-state index is -3.86. The van der Waals surface area contributed by atoms with E-state index in [0.29, 0.717) is 22.0 Å². The Kier molecular flexibility index (Phi) is 10.1. The average Bonchev–Trinajstić information content (AvgIpc) is 3.35. The summed E-state index contributed by atoms with van der Waals surface area (Å²) in [6, 6.07) is 18.5. The van der Waals surface area contributed by atoms with Crippen LogP contribution in [0.2, 0.25) is 5.02 Å². The summed E-state index contributed by atoms with van der Waals surface area (Å²) in [5.41, 5.74) is 2.99. The number of ether oxygens (including phenoxy) is 1. The third-order valence-electron chi connectivity index (χ3n) is 8.49. The van der Waals surface area contributed by atoms with Crippen LogP contribution < -0.4 is 10.1 Å². The van der Waals surface area contributed by atoms with E-state index in [9.17, 15) is 23.1 Å². The van der Waals surface area contributed by atoms with Crippen molar-refractivity contribution in [1.82, 2.24) is 13.8 Å². The molecule has 1 aromatic heterocycles. The van der Waals surface area contributed by atoms with E-state index in [4.69, 9.17) is 16.3 Å². The molecule has 1 aliphatic rings. The van der Waals surface area contributed by atoms with Gasteiger partial charge in [0.1, 0.15) is 11.9 Å². The number of sulfonamides is 1. The van der Waals surface area contributed by atoms with Gasteiger partial charge in [-0.25, -0.2) is 8.42 Å². The number of likely N-dealkylation sites (N-methyl/N-ethyl adjacent to an activating group) is 1. The maximum atomic E-state index is 13.6. The number of amides is 2. The minimum Gasteiger partial charge on any atom is -0.488 e. The Bertz CT molecular complexity index is 1840. The number of aromatic nitrogens is 1. The van der Waals surface area contributed by atoms with Crippen LogP contribution in [0.3, 0.4) is 0 Å². The number of anilines is 1. The number of benzene rings is 3. The lowest BCUT2D eigenvalue weighted by atomic mass is 10.0. The number of para-hydroxylation sites is 1. The molecule has 0 aliphatic carbocycles. The standard InChI is InChI=1S/C34H39ClN4O6S/c1-22-18-39(23(2)21-40)34(42)17-24-15-27(36-33(41)16-25-19-37(3)30-8-6-5-7-29(25)30)11-14-31(24)45-32(22)20-38(4)46(43,44)28-12-9-26(35)10-13-28/h5-15,19,22-23,32,40H,16-18,20-21H2,1-4H3,(H,36,41)/t22-,23-,32-/m1/s1. The third kappa shape index (κ3) is 7.23. The summed E-state index contributed by atoms with van der Waals surface area (Å²) in [6.07, 6.45) is 1.45. The number of aryl methyl sites for hydroxylation is 1. The molecule has 2 amide bonds. The Labute approximate surface area is 274 Å². The van der Waals surface area contributed by atoms with E-state index in [1.807, 2.05) is 49.0 Å². The molecule has 10 nitrogen and oxygen atoms in total. The lowest BCUT2D eigenvalue weighted by Crippen LogP contribution is -2.48. The van der Waals surface area contributed by atoms with Crippen LogP contribution in [0, 0.1) is 5.92 Å². The van der Waals surface area contributed by atoms with Gasteiger partial charge in [-0.05, 0) is 61.0 Å². The predicted octanol–water partition coefficient (Wildman–Crippen LogP) is 4.48. The first-order valence-electron chi connectivity index (χ1n) is 15.1. The van der Waals surface area contributed by atoms with Crippen LogP contribution in [0.4, 0.5) is 5.69 Å². The molecule has 0 radical (unpaired) electrons. The second kappa shape index (κ2) is 13.8. The van der Waals surface area contributed by atoms with Crippen LogP contribution in [0.25, 0.3) is 10.9 Å². The summed E-state index contributed by atoms with van der Waals surface area (Å²) >= 11 is 5.97. The highest BCUT2D eigenvalue weighted by molar-refractivity contribution is 7.89. The van der Waals surface area contributed by atoms with Gasteiger partial charge in [0.25, 0.3) is 0 Å². The molecule has 2 heterocycles. The maximum absolute atomic E-state index is 13.6. The number of halogens is 1. The van der Waals surface area contributed by atoms with Crippen LogP contribution >= 0.6 is 11.6 Å². The largest absolute Gasteiger partial charge is 0.488 e. The van der Waals surface area contributed by atoms with Crippen LogP contribution in [0.5, 0.6) is 5.75 Å². The summed E-state index contributed by atoms with van der Waals surface area (Å²) in [5.74, 6) is -0.289. The molecule has 0 fully saturated rings. The second-order valence-electron chi connectivity index (χ2n) is 12.0. The van der Waals surface area contributed by atoms with E-state index < -0.39 is 22.2 Å². The van der Waals surface area contributed by atoms with Crippen molar-refractivity contribution < 1.29 is 27.9 Å². The molecule has 12 heteroatoms. The summed E-state index contributed by atoms with van der Waals surface area (Å²) < 4.78 is 36.5. The zero-order valence-electron chi connectivity index (χ0n) is 26.3. The molecule has 0 bridgehead atoms. The number of rotatable bonds is 9. The summed E-state index contributed by atoms with van der Waals surface area (Å²) in [6.45, 7) is 3.68. The van der Waals surface area contributed by atoms with Gasteiger partial charge >= 0.3 is 0 Å². The average molecular weight is 667 g/mol. The molecule has 244 valence electrons. The van der Waals surface area contributed by atoms with Gasteiger partial charge in [-0.2, -0.15) is 4.31 Å². The highest BCUT2D eigenvalue weighted by atomic mass is 35.5. The molecule has 0 unspecified atom stereocenters. The molecule has 0 saturated heterocycles.